The molecule has 4 aromatic rings. The minimum Gasteiger partial charge on any atom is -0.497 e. The van der Waals surface area contributed by atoms with Gasteiger partial charge in [-0.05, 0) is 49.6 Å². The molecule has 1 amide bonds. The van der Waals surface area contributed by atoms with Gasteiger partial charge in [-0.3, -0.25) is 14.4 Å². The average Bonchev–Trinajstić information content (AvgIpc) is 3.31. The van der Waals surface area contributed by atoms with Crippen LogP contribution in [0, 0.1) is 12.8 Å². The molecule has 2 aliphatic heterocycles. The number of aryl methyl sites for hydroxylation is 1. The van der Waals surface area contributed by atoms with E-state index >= 15 is 0 Å². The standard InChI is InChI=1S/C30H31N3O8S/c1-18-12-25(34)30-29(40-18)23(28(41-30)20-6-8-22(39-2)9-7-20)14-26(35)31-10-11-42(37,38)32-15-19-13-21(17-32)24-4-3-5-27(36)33(24)16-19/h3-9,12,19,21H,10-11,13-17H2,1-2H3,(H,31,35)/t19-,21+/m1/s1. The predicted molar refractivity (Wildman–Crippen MR) is 155 cm³/mol. The zero-order valence-electron chi connectivity index (χ0n) is 23.3. The van der Waals surface area contributed by atoms with Gasteiger partial charge in [0.15, 0.2) is 5.58 Å². The molecule has 5 heterocycles. The van der Waals surface area contributed by atoms with Gasteiger partial charge >= 0.3 is 0 Å². The summed E-state index contributed by atoms with van der Waals surface area (Å²) in [5.41, 5.74) is 1.67. The number of carbonyl (C=O) groups excluding carboxylic acids is 1. The summed E-state index contributed by atoms with van der Waals surface area (Å²) in [6, 6.07) is 13.4. The van der Waals surface area contributed by atoms with Crippen molar-refractivity contribution in [2.45, 2.75) is 32.2 Å². The van der Waals surface area contributed by atoms with Crippen LogP contribution < -0.4 is 21.0 Å². The van der Waals surface area contributed by atoms with E-state index in [2.05, 4.69) is 5.32 Å². The number of sulfonamides is 1. The SMILES string of the molecule is COc1ccc(-c2oc3c(=O)cc(C)oc3c2CC(=O)NCCS(=O)(=O)N2C[C@H]3C[C@@H](C2)c2cccc(=O)n2C3)cc1. The molecule has 1 aromatic carbocycles. The fraction of sp³-hybridized carbons (Fsp3) is 0.367. The first-order chi connectivity index (χ1) is 20.1. The van der Waals surface area contributed by atoms with E-state index < -0.39 is 15.9 Å². The Bertz CT molecular complexity index is 1890. The molecule has 3 aromatic heterocycles. The molecule has 0 saturated carbocycles. The predicted octanol–water partition coefficient (Wildman–Crippen LogP) is 2.64. The topological polar surface area (TPSA) is 141 Å². The summed E-state index contributed by atoms with van der Waals surface area (Å²) in [6.45, 7) is 2.71. The number of pyridine rings is 1. The highest BCUT2D eigenvalue weighted by Gasteiger charge is 2.38. The highest BCUT2D eigenvalue weighted by atomic mass is 32.2. The van der Waals surface area contributed by atoms with Crippen LogP contribution in [0.2, 0.25) is 0 Å². The van der Waals surface area contributed by atoms with Crippen LogP contribution >= 0.6 is 0 Å². The summed E-state index contributed by atoms with van der Waals surface area (Å²) in [6.07, 6.45) is 0.664. The minimum atomic E-state index is -3.66. The van der Waals surface area contributed by atoms with E-state index in [1.165, 1.54) is 16.4 Å². The van der Waals surface area contributed by atoms with Gasteiger partial charge in [0, 0.05) is 55.5 Å². The van der Waals surface area contributed by atoms with Crippen LogP contribution in [0.15, 0.2) is 67.0 Å². The number of aromatic nitrogens is 1. The zero-order valence-corrected chi connectivity index (χ0v) is 24.1. The Morgan fingerprint density at radius 3 is 2.60 bits per heavy atom. The summed E-state index contributed by atoms with van der Waals surface area (Å²) in [5.74, 6) is 0.656. The molecule has 0 radical (unpaired) electrons. The fourth-order valence-corrected chi connectivity index (χ4v) is 7.51. The highest BCUT2D eigenvalue weighted by Crippen LogP contribution is 2.36. The Hall–Kier alpha value is -4.16. The molecule has 0 spiro atoms. The van der Waals surface area contributed by atoms with E-state index in [1.807, 2.05) is 6.07 Å². The third-order valence-corrected chi connectivity index (χ3v) is 9.80. The van der Waals surface area contributed by atoms with Crippen LogP contribution in [0.3, 0.4) is 0 Å². The van der Waals surface area contributed by atoms with E-state index in [1.54, 1.807) is 48.9 Å². The lowest BCUT2D eigenvalue weighted by atomic mass is 9.84. The lowest BCUT2D eigenvalue weighted by Crippen LogP contribution is -2.50. The smallest absolute Gasteiger partial charge is 0.250 e. The number of rotatable bonds is 8. The van der Waals surface area contributed by atoms with Gasteiger partial charge in [-0.2, -0.15) is 0 Å². The zero-order chi connectivity index (χ0) is 29.6. The summed E-state index contributed by atoms with van der Waals surface area (Å²) in [7, 11) is -2.11. The third-order valence-electron chi connectivity index (χ3n) is 7.99. The third kappa shape index (κ3) is 5.27. The molecule has 1 fully saturated rings. The molecule has 11 nitrogen and oxygen atoms in total. The highest BCUT2D eigenvalue weighted by molar-refractivity contribution is 7.89. The molecule has 0 aliphatic carbocycles. The first-order valence-corrected chi connectivity index (χ1v) is 15.4. The molecule has 2 atom stereocenters. The van der Waals surface area contributed by atoms with Crippen molar-refractivity contribution < 1.29 is 26.8 Å². The Morgan fingerprint density at radius 2 is 1.83 bits per heavy atom. The van der Waals surface area contributed by atoms with Gasteiger partial charge < -0.3 is 23.5 Å². The van der Waals surface area contributed by atoms with Crippen LogP contribution in [-0.4, -0.2) is 55.7 Å². The lowest BCUT2D eigenvalue weighted by molar-refractivity contribution is -0.120. The number of nitrogens with one attached hydrogen (secondary N) is 1. The first-order valence-electron chi connectivity index (χ1n) is 13.8. The van der Waals surface area contributed by atoms with Crippen molar-refractivity contribution in [3.05, 3.63) is 86.1 Å². The van der Waals surface area contributed by atoms with Crippen LogP contribution in [0.4, 0.5) is 0 Å². The average molecular weight is 594 g/mol. The summed E-state index contributed by atoms with van der Waals surface area (Å²) >= 11 is 0. The van der Waals surface area contributed by atoms with E-state index in [9.17, 15) is 22.8 Å². The number of nitrogens with zero attached hydrogens (tertiary/aromatic N) is 2. The fourth-order valence-electron chi connectivity index (χ4n) is 6.05. The number of amides is 1. The number of furan rings is 1. The molecule has 1 saturated heterocycles. The second kappa shape index (κ2) is 10.9. The first kappa shape index (κ1) is 28.0. The van der Waals surface area contributed by atoms with Crippen molar-refractivity contribution in [3.63, 3.8) is 0 Å². The van der Waals surface area contributed by atoms with E-state index in [-0.39, 0.29) is 52.7 Å². The van der Waals surface area contributed by atoms with Crippen LogP contribution in [-0.2, 0) is 27.8 Å². The number of piperidine rings is 1. The van der Waals surface area contributed by atoms with Gasteiger partial charge in [0.2, 0.25) is 26.9 Å². The van der Waals surface area contributed by atoms with Crippen molar-refractivity contribution in [1.29, 1.82) is 0 Å². The van der Waals surface area contributed by atoms with Crippen molar-refractivity contribution >= 4 is 27.1 Å². The second-order valence-electron chi connectivity index (χ2n) is 10.9. The number of ether oxygens (including phenoxy) is 1. The molecule has 12 heteroatoms. The normalized spacial score (nSPS) is 18.5. The Labute approximate surface area is 241 Å². The molecular weight excluding hydrogens is 562 g/mol. The lowest BCUT2D eigenvalue weighted by Gasteiger charge is -2.42. The van der Waals surface area contributed by atoms with Gasteiger partial charge in [-0.1, -0.05) is 6.07 Å². The molecule has 2 aliphatic rings. The monoisotopic (exact) mass is 593 g/mol. The molecule has 2 bridgehead atoms. The van der Waals surface area contributed by atoms with Crippen molar-refractivity contribution in [2.75, 3.05) is 32.5 Å². The van der Waals surface area contributed by atoms with Gasteiger partial charge in [-0.25, -0.2) is 12.7 Å². The van der Waals surface area contributed by atoms with Crippen molar-refractivity contribution in [2.24, 2.45) is 5.92 Å². The van der Waals surface area contributed by atoms with Crippen LogP contribution in [0.1, 0.15) is 29.4 Å². The quantitative estimate of drug-likeness (QED) is 0.329. The Kier molecular flexibility index (Phi) is 7.27. The molecule has 0 unspecified atom stereocenters. The van der Waals surface area contributed by atoms with Gasteiger partial charge in [0.05, 0.1) is 24.8 Å². The summed E-state index contributed by atoms with van der Waals surface area (Å²) in [4.78, 5) is 38.0. The summed E-state index contributed by atoms with van der Waals surface area (Å²) in [5, 5.41) is 2.71. The number of fused-ring (bicyclic) bond motifs is 5. The van der Waals surface area contributed by atoms with Gasteiger partial charge in [0.25, 0.3) is 5.56 Å². The van der Waals surface area contributed by atoms with E-state index in [4.69, 9.17) is 13.6 Å². The van der Waals surface area contributed by atoms with Crippen LogP contribution in [0.5, 0.6) is 5.75 Å². The number of carbonyl (C=O) groups is 1. The molecule has 1 N–H and O–H groups in total. The summed E-state index contributed by atoms with van der Waals surface area (Å²) < 4.78 is 46.7. The van der Waals surface area contributed by atoms with E-state index in [0.717, 1.165) is 12.1 Å². The number of hydrogen-bond acceptors (Lipinski definition) is 8. The Morgan fingerprint density at radius 1 is 1.05 bits per heavy atom. The Balaban J connectivity index is 1.16. The van der Waals surface area contributed by atoms with Gasteiger partial charge in [-0.15, -0.1) is 0 Å². The maximum Gasteiger partial charge on any atom is 0.250 e. The second-order valence-corrected chi connectivity index (χ2v) is 13.0. The molecule has 6 rings (SSSR count). The van der Waals surface area contributed by atoms with Crippen molar-refractivity contribution in [3.8, 4) is 17.1 Å². The van der Waals surface area contributed by atoms with Crippen LogP contribution in [0.25, 0.3) is 22.5 Å². The van der Waals surface area contributed by atoms with Gasteiger partial charge in [0.1, 0.15) is 17.3 Å². The maximum absolute atomic E-state index is 13.3. The molecule has 42 heavy (non-hydrogen) atoms. The molecule has 220 valence electrons. The number of methoxy groups -OCH3 is 1. The number of hydrogen-bond donors (Lipinski definition) is 1. The largest absolute Gasteiger partial charge is 0.497 e. The number of benzene rings is 1. The molecular formula is C30H31N3O8S. The van der Waals surface area contributed by atoms with Crippen molar-refractivity contribution in [1.82, 2.24) is 14.2 Å². The maximum atomic E-state index is 13.3. The van der Waals surface area contributed by atoms with E-state index in [0.29, 0.717) is 48.0 Å². The minimum absolute atomic E-state index is 0.0104.